The molecule has 0 unspecified atom stereocenters. The van der Waals surface area contributed by atoms with Crippen LogP contribution in [0.5, 0.6) is 5.75 Å². The number of nitrogens with zero attached hydrogens (tertiary/aromatic N) is 1. The first-order chi connectivity index (χ1) is 8.79. The molecule has 0 fully saturated rings. The van der Waals surface area contributed by atoms with E-state index in [1.54, 1.807) is 12.4 Å². The lowest BCUT2D eigenvalue weighted by Gasteiger charge is -2.08. The van der Waals surface area contributed by atoms with Crippen LogP contribution in [0.2, 0.25) is 5.02 Å². The van der Waals surface area contributed by atoms with Crippen molar-refractivity contribution in [1.29, 1.82) is 0 Å². The van der Waals surface area contributed by atoms with Crippen molar-refractivity contribution in [3.63, 3.8) is 0 Å². The summed E-state index contributed by atoms with van der Waals surface area (Å²) in [7, 11) is 0. The van der Waals surface area contributed by atoms with Gasteiger partial charge in [0, 0.05) is 18.0 Å². The summed E-state index contributed by atoms with van der Waals surface area (Å²) in [5.41, 5.74) is 7.64. The number of hydrogen-bond donors (Lipinski definition) is 1. The van der Waals surface area contributed by atoms with Gasteiger partial charge in [0.15, 0.2) is 0 Å². The fourth-order valence-electron chi connectivity index (χ4n) is 1.60. The highest BCUT2D eigenvalue weighted by atomic mass is 35.5. The molecule has 1 heterocycles. The zero-order chi connectivity index (χ0) is 12.8. The fourth-order valence-corrected chi connectivity index (χ4v) is 1.78. The second-order valence-corrected chi connectivity index (χ2v) is 4.35. The molecule has 94 valence electrons. The summed E-state index contributed by atoms with van der Waals surface area (Å²) in [6, 6.07) is 9.79. The lowest BCUT2D eigenvalue weighted by Crippen LogP contribution is -2.02. The smallest absolute Gasteiger partial charge is 0.119 e. The predicted octanol–water partition coefficient (Wildman–Crippen LogP) is 2.82. The molecule has 4 heteroatoms. The Morgan fingerprint density at radius 2 is 1.94 bits per heavy atom. The van der Waals surface area contributed by atoms with Gasteiger partial charge in [-0.25, -0.2) is 0 Å². The standard InChI is InChI=1S/C14H15ClN2O/c15-14-9-17-8-6-12(14)10-18-13-3-1-11(2-4-13)5-7-16/h1-4,6,8-9H,5,7,10,16H2. The molecule has 3 nitrogen and oxygen atoms in total. The first kappa shape index (κ1) is 12.9. The van der Waals surface area contributed by atoms with Gasteiger partial charge in [-0.15, -0.1) is 0 Å². The van der Waals surface area contributed by atoms with Crippen molar-refractivity contribution in [2.24, 2.45) is 5.73 Å². The molecular weight excluding hydrogens is 248 g/mol. The minimum absolute atomic E-state index is 0.442. The van der Waals surface area contributed by atoms with Crippen LogP contribution in [0.3, 0.4) is 0 Å². The Morgan fingerprint density at radius 3 is 2.61 bits per heavy atom. The molecule has 0 amide bonds. The summed E-state index contributed by atoms with van der Waals surface area (Å²) in [5, 5.41) is 0.622. The first-order valence-corrected chi connectivity index (χ1v) is 6.17. The Hall–Kier alpha value is -1.58. The Kier molecular flexibility index (Phi) is 4.56. The largest absolute Gasteiger partial charge is 0.489 e. The second kappa shape index (κ2) is 6.38. The van der Waals surface area contributed by atoms with Crippen LogP contribution >= 0.6 is 11.6 Å². The van der Waals surface area contributed by atoms with E-state index in [1.165, 1.54) is 5.56 Å². The number of hydrogen-bond acceptors (Lipinski definition) is 3. The van der Waals surface area contributed by atoms with Gasteiger partial charge in [0.1, 0.15) is 12.4 Å². The van der Waals surface area contributed by atoms with E-state index in [2.05, 4.69) is 4.98 Å². The third-order valence-electron chi connectivity index (χ3n) is 2.61. The molecule has 0 saturated carbocycles. The Balaban J connectivity index is 1.96. The van der Waals surface area contributed by atoms with Crippen LogP contribution in [-0.2, 0) is 13.0 Å². The van der Waals surface area contributed by atoms with Crippen molar-refractivity contribution in [3.05, 3.63) is 58.9 Å². The Bertz CT molecular complexity index is 499. The minimum Gasteiger partial charge on any atom is -0.489 e. The normalized spacial score (nSPS) is 10.3. The molecule has 0 aliphatic heterocycles. The van der Waals surface area contributed by atoms with E-state index in [9.17, 15) is 0 Å². The molecule has 0 atom stereocenters. The van der Waals surface area contributed by atoms with E-state index in [4.69, 9.17) is 22.1 Å². The number of benzene rings is 1. The highest BCUT2D eigenvalue weighted by molar-refractivity contribution is 6.31. The summed E-state index contributed by atoms with van der Waals surface area (Å²) in [6.45, 7) is 1.10. The van der Waals surface area contributed by atoms with Crippen molar-refractivity contribution in [1.82, 2.24) is 4.98 Å². The van der Waals surface area contributed by atoms with Gasteiger partial charge in [0.05, 0.1) is 5.02 Å². The average molecular weight is 263 g/mol. The minimum atomic E-state index is 0.442. The fraction of sp³-hybridized carbons (Fsp3) is 0.214. The van der Waals surface area contributed by atoms with E-state index < -0.39 is 0 Å². The van der Waals surface area contributed by atoms with Gasteiger partial charge >= 0.3 is 0 Å². The quantitative estimate of drug-likeness (QED) is 0.901. The third kappa shape index (κ3) is 3.45. The van der Waals surface area contributed by atoms with E-state index in [1.807, 2.05) is 30.3 Å². The zero-order valence-electron chi connectivity index (χ0n) is 9.97. The van der Waals surface area contributed by atoms with Gasteiger partial charge in [0.2, 0.25) is 0 Å². The van der Waals surface area contributed by atoms with Gasteiger partial charge in [0.25, 0.3) is 0 Å². The molecule has 1 aromatic carbocycles. The van der Waals surface area contributed by atoms with Crippen LogP contribution in [0.25, 0.3) is 0 Å². The lowest BCUT2D eigenvalue weighted by molar-refractivity contribution is 0.306. The molecular formula is C14H15ClN2O. The molecule has 2 N–H and O–H groups in total. The first-order valence-electron chi connectivity index (χ1n) is 5.80. The van der Waals surface area contributed by atoms with Crippen molar-refractivity contribution < 1.29 is 4.74 Å². The number of aromatic nitrogens is 1. The van der Waals surface area contributed by atoms with Gasteiger partial charge in [-0.1, -0.05) is 23.7 Å². The van der Waals surface area contributed by atoms with E-state index >= 15 is 0 Å². The second-order valence-electron chi connectivity index (χ2n) is 3.94. The molecule has 0 bridgehead atoms. The van der Waals surface area contributed by atoms with Crippen LogP contribution in [0, 0.1) is 0 Å². The van der Waals surface area contributed by atoms with Crippen molar-refractivity contribution in [3.8, 4) is 5.75 Å². The summed E-state index contributed by atoms with van der Waals surface area (Å²) >= 11 is 6.00. The summed E-state index contributed by atoms with van der Waals surface area (Å²) in [4.78, 5) is 3.93. The van der Waals surface area contributed by atoms with Crippen LogP contribution in [-0.4, -0.2) is 11.5 Å². The molecule has 0 aliphatic carbocycles. The number of pyridine rings is 1. The highest BCUT2D eigenvalue weighted by Gasteiger charge is 2.01. The number of halogens is 1. The van der Waals surface area contributed by atoms with Gasteiger partial charge in [-0.2, -0.15) is 0 Å². The predicted molar refractivity (Wildman–Crippen MR) is 72.8 cm³/mol. The molecule has 18 heavy (non-hydrogen) atoms. The number of ether oxygens (including phenoxy) is 1. The maximum atomic E-state index is 6.00. The zero-order valence-corrected chi connectivity index (χ0v) is 10.7. The molecule has 0 aliphatic rings. The highest BCUT2D eigenvalue weighted by Crippen LogP contribution is 2.18. The average Bonchev–Trinajstić information content (AvgIpc) is 2.40. The van der Waals surface area contributed by atoms with Crippen molar-refractivity contribution >= 4 is 11.6 Å². The van der Waals surface area contributed by atoms with Crippen LogP contribution in [0.1, 0.15) is 11.1 Å². The third-order valence-corrected chi connectivity index (χ3v) is 2.95. The van der Waals surface area contributed by atoms with Gasteiger partial charge in [-0.05, 0) is 36.7 Å². The molecule has 0 saturated heterocycles. The summed E-state index contributed by atoms with van der Waals surface area (Å²) < 4.78 is 5.66. The summed E-state index contributed by atoms with van der Waals surface area (Å²) in [5.74, 6) is 0.823. The SMILES string of the molecule is NCCc1ccc(OCc2ccncc2Cl)cc1. The molecule has 2 rings (SSSR count). The monoisotopic (exact) mass is 262 g/mol. The Morgan fingerprint density at radius 1 is 1.17 bits per heavy atom. The van der Waals surface area contributed by atoms with Crippen molar-refractivity contribution in [2.75, 3.05) is 6.54 Å². The van der Waals surface area contributed by atoms with Gasteiger partial charge in [-0.3, -0.25) is 4.98 Å². The molecule has 2 aromatic rings. The van der Waals surface area contributed by atoms with Crippen LogP contribution in [0.15, 0.2) is 42.7 Å². The van der Waals surface area contributed by atoms with Crippen LogP contribution in [0.4, 0.5) is 0 Å². The lowest BCUT2D eigenvalue weighted by atomic mass is 10.1. The maximum Gasteiger partial charge on any atom is 0.119 e. The van der Waals surface area contributed by atoms with E-state index in [0.717, 1.165) is 17.7 Å². The molecule has 0 spiro atoms. The number of nitrogens with two attached hydrogens (primary N) is 1. The van der Waals surface area contributed by atoms with Gasteiger partial charge < -0.3 is 10.5 Å². The van der Waals surface area contributed by atoms with E-state index in [-0.39, 0.29) is 0 Å². The topological polar surface area (TPSA) is 48.1 Å². The van der Waals surface area contributed by atoms with Crippen LogP contribution < -0.4 is 10.5 Å². The molecule has 1 aromatic heterocycles. The van der Waals surface area contributed by atoms with Crippen molar-refractivity contribution in [2.45, 2.75) is 13.0 Å². The number of rotatable bonds is 5. The summed E-state index contributed by atoms with van der Waals surface area (Å²) in [6.07, 6.45) is 4.20. The maximum absolute atomic E-state index is 6.00. The van der Waals surface area contributed by atoms with E-state index in [0.29, 0.717) is 18.2 Å². The Labute approximate surface area is 112 Å². The molecule has 0 radical (unpaired) electrons.